The first-order chi connectivity index (χ1) is 5.26. The van der Waals surface area contributed by atoms with Crippen LogP contribution in [0, 0.1) is 0 Å². The number of hydrogen-bond acceptors (Lipinski definition) is 5. The predicted molar refractivity (Wildman–Crippen MR) is 43.2 cm³/mol. The molecular formula is C5H6ClN3OS. The SMILES string of the molecule is COc1nc(Cl)nc(SC)n1. The lowest BCUT2D eigenvalue weighted by molar-refractivity contribution is 0.373. The van der Waals surface area contributed by atoms with Crippen LogP contribution in [0.1, 0.15) is 0 Å². The van der Waals surface area contributed by atoms with Gasteiger partial charge < -0.3 is 4.74 Å². The van der Waals surface area contributed by atoms with Gasteiger partial charge in [-0.05, 0) is 17.9 Å². The molecule has 0 aliphatic rings. The van der Waals surface area contributed by atoms with Crippen molar-refractivity contribution in [1.29, 1.82) is 0 Å². The van der Waals surface area contributed by atoms with Crippen LogP contribution in [0.4, 0.5) is 0 Å². The molecule has 6 heteroatoms. The Balaban J connectivity index is 3.02. The van der Waals surface area contributed by atoms with Crippen LogP contribution in [0.5, 0.6) is 6.01 Å². The Hall–Kier alpha value is -0.550. The molecule has 0 fully saturated rings. The number of nitrogens with zero attached hydrogens (tertiary/aromatic N) is 3. The second-order valence-electron chi connectivity index (χ2n) is 1.58. The van der Waals surface area contributed by atoms with Gasteiger partial charge in [-0.15, -0.1) is 0 Å². The smallest absolute Gasteiger partial charge is 0.321 e. The topological polar surface area (TPSA) is 47.9 Å². The Morgan fingerprint density at radius 1 is 1.36 bits per heavy atom. The third-order valence-corrected chi connectivity index (χ3v) is 1.65. The van der Waals surface area contributed by atoms with Gasteiger partial charge in [-0.3, -0.25) is 0 Å². The second kappa shape index (κ2) is 3.73. The summed E-state index contributed by atoms with van der Waals surface area (Å²) in [7, 11) is 1.48. The zero-order valence-corrected chi connectivity index (χ0v) is 7.61. The molecule has 0 aliphatic carbocycles. The van der Waals surface area contributed by atoms with Crippen LogP contribution < -0.4 is 4.74 Å². The zero-order chi connectivity index (χ0) is 8.27. The fourth-order valence-electron chi connectivity index (χ4n) is 0.497. The van der Waals surface area contributed by atoms with Gasteiger partial charge in [-0.1, -0.05) is 11.8 Å². The molecule has 1 rings (SSSR count). The van der Waals surface area contributed by atoms with E-state index in [0.29, 0.717) is 5.16 Å². The van der Waals surface area contributed by atoms with Gasteiger partial charge >= 0.3 is 6.01 Å². The van der Waals surface area contributed by atoms with Gasteiger partial charge in [0.25, 0.3) is 0 Å². The minimum atomic E-state index is 0.154. The van der Waals surface area contributed by atoms with Gasteiger partial charge in [0, 0.05) is 0 Å². The first-order valence-electron chi connectivity index (χ1n) is 2.76. The number of hydrogen-bond donors (Lipinski definition) is 0. The number of thioether (sulfide) groups is 1. The average molecular weight is 192 g/mol. The molecule has 11 heavy (non-hydrogen) atoms. The summed E-state index contributed by atoms with van der Waals surface area (Å²) in [5, 5.41) is 0.711. The van der Waals surface area contributed by atoms with Crippen molar-refractivity contribution in [3.8, 4) is 6.01 Å². The highest BCUT2D eigenvalue weighted by Crippen LogP contribution is 2.13. The third kappa shape index (κ3) is 2.20. The molecule has 4 nitrogen and oxygen atoms in total. The monoisotopic (exact) mass is 191 g/mol. The summed E-state index contributed by atoms with van der Waals surface area (Å²) in [6.07, 6.45) is 1.85. The highest BCUT2D eigenvalue weighted by Gasteiger charge is 2.02. The van der Waals surface area contributed by atoms with E-state index in [1.165, 1.54) is 18.9 Å². The number of halogens is 1. The fourth-order valence-corrected chi connectivity index (χ4v) is 1.05. The Bertz CT molecular complexity index is 235. The maximum atomic E-state index is 5.55. The van der Waals surface area contributed by atoms with E-state index < -0.39 is 0 Å². The summed E-state index contributed by atoms with van der Waals surface area (Å²) in [6.45, 7) is 0. The maximum Gasteiger partial charge on any atom is 0.321 e. The molecule has 0 aromatic carbocycles. The molecule has 0 spiro atoms. The van der Waals surface area contributed by atoms with E-state index in [0.717, 1.165) is 0 Å². The van der Waals surface area contributed by atoms with E-state index in [4.69, 9.17) is 16.3 Å². The van der Waals surface area contributed by atoms with Gasteiger partial charge in [0.05, 0.1) is 7.11 Å². The Morgan fingerprint density at radius 3 is 2.64 bits per heavy atom. The molecule has 0 unspecified atom stereocenters. The van der Waals surface area contributed by atoms with Gasteiger partial charge in [0.15, 0.2) is 5.16 Å². The van der Waals surface area contributed by atoms with Crippen LogP contribution in [-0.2, 0) is 0 Å². The summed E-state index contributed by atoms with van der Waals surface area (Å²) in [4.78, 5) is 11.4. The van der Waals surface area contributed by atoms with Crippen molar-refractivity contribution in [1.82, 2.24) is 15.0 Å². The van der Waals surface area contributed by atoms with Crippen molar-refractivity contribution in [2.75, 3.05) is 13.4 Å². The zero-order valence-electron chi connectivity index (χ0n) is 6.04. The van der Waals surface area contributed by atoms with E-state index >= 15 is 0 Å². The Kier molecular flexibility index (Phi) is 2.90. The van der Waals surface area contributed by atoms with E-state index in [1.807, 2.05) is 6.26 Å². The lowest BCUT2D eigenvalue weighted by Crippen LogP contribution is -1.96. The standard InChI is InChI=1S/C5H6ClN3OS/c1-10-4-7-3(6)8-5(9-4)11-2/h1-2H3. The molecule has 0 saturated heterocycles. The number of ether oxygens (including phenoxy) is 1. The van der Waals surface area contributed by atoms with Gasteiger partial charge in [0.2, 0.25) is 5.28 Å². The molecule has 0 saturated carbocycles. The van der Waals surface area contributed by atoms with Crippen LogP contribution in [0.15, 0.2) is 5.16 Å². The first-order valence-corrected chi connectivity index (χ1v) is 4.36. The third-order valence-electron chi connectivity index (χ3n) is 0.932. The lowest BCUT2D eigenvalue weighted by atomic mass is 11.0. The van der Waals surface area contributed by atoms with E-state index in [9.17, 15) is 0 Å². The number of methoxy groups -OCH3 is 1. The van der Waals surface area contributed by atoms with Crippen molar-refractivity contribution < 1.29 is 4.74 Å². The van der Waals surface area contributed by atoms with E-state index in [1.54, 1.807) is 0 Å². The quantitative estimate of drug-likeness (QED) is 0.659. The fraction of sp³-hybridized carbons (Fsp3) is 0.400. The van der Waals surface area contributed by atoms with Crippen molar-refractivity contribution in [2.45, 2.75) is 5.16 Å². The van der Waals surface area contributed by atoms with Crippen molar-refractivity contribution >= 4 is 23.4 Å². The normalized spacial score (nSPS) is 9.73. The molecular weight excluding hydrogens is 186 g/mol. The molecule has 0 atom stereocenters. The van der Waals surface area contributed by atoms with Gasteiger partial charge in [0.1, 0.15) is 0 Å². The molecule has 60 valence electrons. The predicted octanol–water partition coefficient (Wildman–Crippen LogP) is 1.26. The Morgan fingerprint density at radius 2 is 2.09 bits per heavy atom. The molecule has 0 bridgehead atoms. The van der Waals surface area contributed by atoms with Crippen LogP contribution in [0.2, 0.25) is 5.28 Å². The highest BCUT2D eigenvalue weighted by atomic mass is 35.5. The minimum Gasteiger partial charge on any atom is -0.467 e. The van der Waals surface area contributed by atoms with E-state index in [2.05, 4.69) is 15.0 Å². The average Bonchev–Trinajstić information content (AvgIpc) is 2.03. The van der Waals surface area contributed by atoms with Crippen molar-refractivity contribution in [3.63, 3.8) is 0 Å². The summed E-state index contributed by atoms with van der Waals surface area (Å²) >= 11 is 6.94. The Labute approximate surface area is 73.4 Å². The summed E-state index contributed by atoms with van der Waals surface area (Å²) in [5.41, 5.74) is 0. The van der Waals surface area contributed by atoms with Crippen LogP contribution in [0.25, 0.3) is 0 Å². The highest BCUT2D eigenvalue weighted by molar-refractivity contribution is 7.98. The number of rotatable bonds is 2. The molecule has 1 heterocycles. The van der Waals surface area contributed by atoms with E-state index in [-0.39, 0.29) is 11.3 Å². The summed E-state index contributed by atoms with van der Waals surface area (Å²) < 4.78 is 4.78. The first kappa shape index (κ1) is 8.55. The molecule has 1 aromatic heterocycles. The summed E-state index contributed by atoms with van der Waals surface area (Å²) in [6, 6.07) is 0.245. The second-order valence-corrected chi connectivity index (χ2v) is 2.69. The molecule has 0 amide bonds. The number of aromatic nitrogens is 3. The largest absolute Gasteiger partial charge is 0.467 e. The summed E-state index contributed by atoms with van der Waals surface area (Å²) in [5.74, 6) is 0. The molecule has 0 N–H and O–H groups in total. The van der Waals surface area contributed by atoms with Crippen molar-refractivity contribution in [3.05, 3.63) is 5.28 Å². The van der Waals surface area contributed by atoms with Gasteiger partial charge in [-0.25, -0.2) is 0 Å². The van der Waals surface area contributed by atoms with Crippen LogP contribution in [-0.4, -0.2) is 28.3 Å². The molecule has 0 aliphatic heterocycles. The maximum absolute atomic E-state index is 5.55. The van der Waals surface area contributed by atoms with Crippen molar-refractivity contribution in [2.24, 2.45) is 0 Å². The molecule has 1 aromatic rings. The lowest BCUT2D eigenvalue weighted by Gasteiger charge is -1.98. The minimum absolute atomic E-state index is 0.154. The van der Waals surface area contributed by atoms with Crippen LogP contribution in [0.3, 0.4) is 0 Å². The van der Waals surface area contributed by atoms with Crippen LogP contribution >= 0.6 is 23.4 Å². The molecule has 0 radical (unpaired) electrons. The van der Waals surface area contributed by atoms with Gasteiger partial charge in [-0.2, -0.15) is 15.0 Å².